The van der Waals surface area contributed by atoms with Crippen molar-refractivity contribution in [3.05, 3.63) is 28.5 Å². The Hall–Kier alpha value is -2.83. The van der Waals surface area contributed by atoms with Crippen LogP contribution in [0.15, 0.2) is 33.0 Å². The molecule has 0 radical (unpaired) electrons. The maximum absolute atomic E-state index is 12.8. The summed E-state index contributed by atoms with van der Waals surface area (Å²) < 4.78 is 32.9. The van der Waals surface area contributed by atoms with Crippen molar-refractivity contribution < 1.29 is 33.1 Å². The molecule has 12 nitrogen and oxygen atoms in total. The molecule has 4 heterocycles. The second kappa shape index (κ2) is 10.2. The largest absolute Gasteiger partial charge is 0.477 e. The van der Waals surface area contributed by atoms with Gasteiger partial charge in [-0.05, 0) is 5.57 Å². The van der Waals surface area contributed by atoms with Crippen LogP contribution in [0.5, 0.6) is 0 Å². The van der Waals surface area contributed by atoms with Crippen LogP contribution in [0.1, 0.15) is 5.69 Å². The number of nitrogens with zero attached hydrogens (tertiary/aromatic N) is 5. The molecular weight excluding hydrogens is 536 g/mol. The van der Waals surface area contributed by atoms with Gasteiger partial charge in [0, 0.05) is 16.9 Å². The van der Waals surface area contributed by atoms with Gasteiger partial charge in [-0.15, -0.1) is 23.1 Å². The normalized spacial score (nSPS) is 20.3. The van der Waals surface area contributed by atoms with Crippen LogP contribution in [0, 0.1) is 0 Å². The number of carbonyl (C=O) groups is 3. The first-order valence-corrected chi connectivity index (χ1v) is 12.7. The summed E-state index contributed by atoms with van der Waals surface area (Å²) in [6.07, 6.45) is 1.56. The molecule has 2 atom stereocenters. The zero-order valence-electron chi connectivity index (χ0n) is 16.6. The van der Waals surface area contributed by atoms with Crippen LogP contribution in [-0.2, 0) is 19.2 Å². The van der Waals surface area contributed by atoms with Crippen molar-refractivity contribution in [2.75, 3.05) is 17.2 Å². The molecule has 2 aromatic rings. The van der Waals surface area contributed by atoms with Crippen molar-refractivity contribution in [2.24, 2.45) is 5.16 Å². The number of fused-ring (bicyclic) bond motifs is 1. The van der Waals surface area contributed by atoms with Crippen LogP contribution in [0.4, 0.5) is 13.9 Å². The van der Waals surface area contributed by atoms with Crippen molar-refractivity contribution in [2.45, 2.75) is 23.1 Å². The number of amides is 2. The number of β-lactam (4-membered cyclic amide) rings is 1. The number of rotatable bonds is 9. The van der Waals surface area contributed by atoms with Crippen LogP contribution in [-0.4, -0.2) is 76.8 Å². The summed E-state index contributed by atoms with van der Waals surface area (Å²) in [5.41, 5.74) is 5.20. The zero-order chi connectivity index (χ0) is 24.4. The Morgan fingerprint density at radius 2 is 2.26 bits per heavy atom. The van der Waals surface area contributed by atoms with Gasteiger partial charge in [-0.2, -0.15) is 17.5 Å². The third-order valence-electron chi connectivity index (χ3n) is 4.48. The van der Waals surface area contributed by atoms with E-state index in [1.54, 1.807) is 6.20 Å². The Labute approximate surface area is 205 Å². The van der Waals surface area contributed by atoms with Crippen LogP contribution in [0.25, 0.3) is 0 Å². The molecule has 0 aromatic carbocycles. The number of carboxylic acids is 1. The van der Waals surface area contributed by atoms with Crippen LogP contribution in [0.2, 0.25) is 0 Å². The van der Waals surface area contributed by atoms with Crippen molar-refractivity contribution in [3.63, 3.8) is 0 Å². The van der Waals surface area contributed by atoms with Crippen molar-refractivity contribution in [1.29, 1.82) is 0 Å². The summed E-state index contributed by atoms with van der Waals surface area (Å²) in [5.74, 6) is -2.34. The molecule has 34 heavy (non-hydrogen) atoms. The highest BCUT2D eigenvalue weighted by molar-refractivity contribution is 8.01. The number of anilines is 1. The number of halogens is 2. The average molecular weight is 550 g/mol. The van der Waals surface area contributed by atoms with E-state index in [2.05, 4.69) is 29.0 Å². The number of carbonyl (C=O) groups excluding carboxylic acids is 2. The summed E-state index contributed by atoms with van der Waals surface area (Å²) in [7, 11) is 0. The summed E-state index contributed by atoms with van der Waals surface area (Å²) in [6, 6.07) is -1.10. The molecule has 4 rings (SSSR count). The van der Waals surface area contributed by atoms with E-state index < -0.39 is 41.5 Å². The SMILES string of the molecule is Nc1nc(C(=NOC(F)F)C(=O)NC2C(=O)N3C(C(=O)O)=C(CSc4cnsn4)CS[C@@H]23)cs1. The van der Waals surface area contributed by atoms with Crippen LogP contribution >= 0.6 is 46.6 Å². The number of carboxylic acid groups (broad SMARTS) is 1. The monoisotopic (exact) mass is 549 g/mol. The smallest absolute Gasteiger partial charge is 0.407 e. The number of nitrogen functional groups attached to an aromatic ring is 1. The highest BCUT2D eigenvalue weighted by atomic mass is 32.2. The molecule has 0 aliphatic carbocycles. The number of thiazole rings is 1. The fourth-order valence-corrected chi connectivity index (χ4v) is 6.49. The lowest BCUT2D eigenvalue weighted by Crippen LogP contribution is -2.71. The number of alkyl halides is 2. The molecule has 1 saturated heterocycles. The Morgan fingerprint density at radius 3 is 2.88 bits per heavy atom. The minimum absolute atomic E-state index is 0.0661. The first-order chi connectivity index (χ1) is 16.3. The number of oxime groups is 1. The van der Waals surface area contributed by atoms with Gasteiger partial charge in [-0.3, -0.25) is 14.5 Å². The number of aliphatic carboxylic acids is 1. The van der Waals surface area contributed by atoms with E-state index in [0.29, 0.717) is 22.1 Å². The number of thioether (sulfide) groups is 2. The van der Waals surface area contributed by atoms with Gasteiger partial charge in [-0.25, -0.2) is 9.78 Å². The summed E-state index contributed by atoms with van der Waals surface area (Å²) in [4.78, 5) is 46.3. The molecule has 180 valence electrons. The Balaban J connectivity index is 1.50. The minimum Gasteiger partial charge on any atom is -0.477 e. The highest BCUT2D eigenvalue weighted by Crippen LogP contribution is 2.41. The first-order valence-electron chi connectivity index (χ1n) is 9.10. The quantitative estimate of drug-likeness (QED) is 0.177. The molecule has 2 aromatic heterocycles. The van der Waals surface area contributed by atoms with E-state index in [1.807, 2.05) is 0 Å². The molecular formula is C16H13F2N7O5S4. The third-order valence-corrected chi connectivity index (χ3v) is 8.07. The average Bonchev–Trinajstić information content (AvgIpc) is 3.47. The summed E-state index contributed by atoms with van der Waals surface area (Å²) >= 11 is 4.53. The molecule has 18 heteroatoms. The van der Waals surface area contributed by atoms with E-state index >= 15 is 0 Å². The molecule has 4 N–H and O–H groups in total. The fraction of sp³-hybridized carbons (Fsp3) is 0.312. The molecule has 2 aliphatic heterocycles. The summed E-state index contributed by atoms with van der Waals surface area (Å²) in [5, 5.41) is 16.6. The summed E-state index contributed by atoms with van der Waals surface area (Å²) in [6.45, 7) is -3.28. The molecule has 0 spiro atoms. The first kappa shape index (κ1) is 24.3. The number of nitrogens with two attached hydrogens (primary N) is 1. The van der Waals surface area contributed by atoms with E-state index in [4.69, 9.17) is 5.73 Å². The van der Waals surface area contributed by atoms with E-state index in [9.17, 15) is 28.3 Å². The highest BCUT2D eigenvalue weighted by Gasteiger charge is 2.54. The lowest BCUT2D eigenvalue weighted by molar-refractivity contribution is -0.150. The predicted octanol–water partition coefficient (Wildman–Crippen LogP) is 1.05. The minimum atomic E-state index is -3.28. The van der Waals surface area contributed by atoms with Crippen molar-refractivity contribution in [1.82, 2.24) is 23.9 Å². The van der Waals surface area contributed by atoms with Gasteiger partial charge < -0.3 is 21.0 Å². The van der Waals surface area contributed by atoms with Gasteiger partial charge in [0.05, 0.1) is 17.9 Å². The van der Waals surface area contributed by atoms with E-state index in [1.165, 1.54) is 28.9 Å². The third kappa shape index (κ3) is 4.98. The van der Waals surface area contributed by atoms with E-state index in [-0.39, 0.29) is 16.5 Å². The molecule has 2 amide bonds. The fourth-order valence-electron chi connectivity index (χ4n) is 3.08. The Kier molecular flexibility index (Phi) is 7.29. The zero-order valence-corrected chi connectivity index (χ0v) is 19.8. The van der Waals surface area contributed by atoms with Gasteiger partial charge in [0.15, 0.2) is 10.8 Å². The number of hydrogen-bond donors (Lipinski definition) is 3. The standard InChI is InChI=1S/C16H13F2N7O5S4/c17-15(18)30-23-8(6-4-33-16(19)21-6)11(26)22-9-12(27)25-10(14(28)29)5(3-32-13(9)25)2-31-7-1-20-34-24-7/h1,4,9,13,15H,2-3H2,(H2,19,21)(H,22,26)(H,28,29)/t9?,13-/m0/s1. The van der Waals surface area contributed by atoms with Gasteiger partial charge in [0.2, 0.25) is 0 Å². The molecule has 0 bridgehead atoms. The Bertz CT molecular complexity index is 1170. The maximum Gasteiger partial charge on any atom is 0.407 e. The second-order valence-corrected chi connectivity index (χ2v) is 10.1. The molecule has 1 fully saturated rings. The van der Waals surface area contributed by atoms with Crippen LogP contribution < -0.4 is 11.1 Å². The Morgan fingerprint density at radius 1 is 1.47 bits per heavy atom. The second-order valence-electron chi connectivity index (χ2n) is 6.53. The van der Waals surface area contributed by atoms with Gasteiger partial charge in [-0.1, -0.05) is 16.9 Å². The van der Waals surface area contributed by atoms with Gasteiger partial charge in [0.25, 0.3) is 11.8 Å². The maximum atomic E-state index is 12.8. The number of hydrogen-bond acceptors (Lipinski definition) is 13. The molecule has 0 saturated carbocycles. The topological polar surface area (TPSA) is 173 Å². The van der Waals surface area contributed by atoms with Gasteiger partial charge >= 0.3 is 12.6 Å². The van der Waals surface area contributed by atoms with Crippen LogP contribution in [0.3, 0.4) is 0 Å². The predicted molar refractivity (Wildman–Crippen MR) is 120 cm³/mol. The molecule has 1 unspecified atom stereocenters. The molecule has 2 aliphatic rings. The number of nitrogens with one attached hydrogen (secondary N) is 1. The lowest BCUT2D eigenvalue weighted by atomic mass is 10.0. The van der Waals surface area contributed by atoms with Crippen molar-refractivity contribution >= 4 is 75.2 Å². The number of aromatic nitrogens is 3. The van der Waals surface area contributed by atoms with Crippen molar-refractivity contribution in [3.8, 4) is 0 Å². The lowest BCUT2D eigenvalue weighted by Gasteiger charge is -2.49. The van der Waals surface area contributed by atoms with E-state index in [0.717, 1.165) is 28.0 Å². The van der Waals surface area contributed by atoms with Gasteiger partial charge in [0.1, 0.15) is 27.8 Å².